The van der Waals surface area contributed by atoms with E-state index in [1.54, 1.807) is 12.1 Å². The molecule has 0 radical (unpaired) electrons. The van der Waals surface area contributed by atoms with Crippen molar-refractivity contribution >= 4 is 29.3 Å². The first-order valence-corrected chi connectivity index (χ1v) is 10.2. The molecule has 26 heavy (non-hydrogen) atoms. The van der Waals surface area contributed by atoms with Crippen LogP contribution in [0.3, 0.4) is 0 Å². The normalized spacial score (nSPS) is 12.7. The van der Waals surface area contributed by atoms with Gasteiger partial charge in [0.25, 0.3) is 0 Å². The highest BCUT2D eigenvalue weighted by Crippen LogP contribution is 2.28. The highest BCUT2D eigenvalue weighted by molar-refractivity contribution is 7.99. The van der Waals surface area contributed by atoms with E-state index in [1.165, 1.54) is 23.4 Å². The Balaban J connectivity index is 1.78. The van der Waals surface area contributed by atoms with Crippen LogP contribution >= 0.6 is 23.4 Å². The minimum Gasteiger partial charge on any atom is -0.353 e. The number of carbonyl (C=O) groups excluding carboxylic acids is 1. The molecule has 2 rings (SSSR count). The van der Waals surface area contributed by atoms with E-state index < -0.39 is 0 Å². The van der Waals surface area contributed by atoms with Gasteiger partial charge < -0.3 is 5.32 Å². The molecule has 1 atom stereocenters. The Bertz CT molecular complexity index is 736. The quantitative estimate of drug-likeness (QED) is 0.633. The Hall–Kier alpha value is -1.52. The molecule has 140 valence electrons. The first kappa shape index (κ1) is 20.8. The van der Waals surface area contributed by atoms with E-state index in [2.05, 4.69) is 31.3 Å². The van der Waals surface area contributed by atoms with Crippen molar-refractivity contribution in [3.63, 3.8) is 0 Å². The fraction of sp³-hybridized carbons (Fsp3) is 0.381. The number of carbonyl (C=O) groups is 1. The van der Waals surface area contributed by atoms with E-state index >= 15 is 0 Å². The van der Waals surface area contributed by atoms with Gasteiger partial charge in [0.2, 0.25) is 5.91 Å². The molecule has 1 unspecified atom stereocenters. The second-order valence-corrected chi connectivity index (χ2v) is 8.57. The summed E-state index contributed by atoms with van der Waals surface area (Å²) in [5, 5.41) is 3.42. The summed E-state index contributed by atoms with van der Waals surface area (Å²) in [6.45, 7) is 6.39. The summed E-state index contributed by atoms with van der Waals surface area (Å²) in [6, 6.07) is 15.0. The Morgan fingerprint density at radius 2 is 1.92 bits per heavy atom. The van der Waals surface area contributed by atoms with Gasteiger partial charge in [0.15, 0.2) is 0 Å². The first-order chi connectivity index (χ1) is 12.3. The monoisotopic (exact) mass is 393 g/mol. The Morgan fingerprint density at radius 1 is 1.23 bits per heavy atom. The molecule has 0 saturated heterocycles. The lowest BCUT2D eigenvalue weighted by atomic mass is 9.79. The van der Waals surface area contributed by atoms with Crippen LogP contribution in [0.2, 0.25) is 5.02 Å². The number of halogens is 2. The molecule has 1 N–H and O–H groups in total. The molecule has 2 aromatic rings. The summed E-state index contributed by atoms with van der Waals surface area (Å²) in [6.07, 6.45) is 0.846. The van der Waals surface area contributed by atoms with Crippen molar-refractivity contribution in [1.29, 1.82) is 0 Å². The molecular formula is C21H25ClFNOS. The molecule has 2 nitrogen and oxygen atoms in total. The van der Waals surface area contributed by atoms with Crippen LogP contribution in [0.25, 0.3) is 0 Å². The van der Waals surface area contributed by atoms with E-state index in [4.69, 9.17) is 11.6 Å². The number of rotatable bonds is 8. The third-order valence-corrected chi connectivity index (χ3v) is 5.50. The topological polar surface area (TPSA) is 29.1 Å². The second-order valence-electron chi connectivity index (χ2n) is 7.15. The van der Waals surface area contributed by atoms with Crippen molar-refractivity contribution in [1.82, 2.24) is 5.32 Å². The summed E-state index contributed by atoms with van der Waals surface area (Å²) in [7, 11) is 0. The molecule has 0 bridgehead atoms. The maximum absolute atomic E-state index is 13.7. The van der Waals surface area contributed by atoms with Crippen LogP contribution in [0.1, 0.15) is 38.3 Å². The van der Waals surface area contributed by atoms with Gasteiger partial charge in [-0.2, -0.15) is 0 Å². The lowest BCUT2D eigenvalue weighted by Crippen LogP contribution is -2.38. The predicted octanol–water partition coefficient (Wildman–Crippen LogP) is 5.58. The zero-order chi connectivity index (χ0) is 19.2. The van der Waals surface area contributed by atoms with Gasteiger partial charge >= 0.3 is 0 Å². The minimum absolute atomic E-state index is 0.0203. The molecule has 0 saturated carbocycles. The number of thioether (sulfide) groups is 1. The van der Waals surface area contributed by atoms with Gasteiger partial charge in [-0.05, 0) is 42.0 Å². The minimum atomic E-state index is -0.330. The van der Waals surface area contributed by atoms with Crippen molar-refractivity contribution in [3.8, 4) is 0 Å². The Labute approximate surface area is 164 Å². The number of benzene rings is 2. The molecule has 1 amide bonds. The fourth-order valence-corrected chi connectivity index (χ4v) is 4.02. The third kappa shape index (κ3) is 6.33. The van der Waals surface area contributed by atoms with Gasteiger partial charge in [0.05, 0.1) is 5.75 Å². The first-order valence-electron chi connectivity index (χ1n) is 8.64. The van der Waals surface area contributed by atoms with Crippen LogP contribution in [0, 0.1) is 5.82 Å². The number of amides is 1. The molecule has 2 aromatic carbocycles. The van der Waals surface area contributed by atoms with Crippen molar-refractivity contribution in [2.45, 2.75) is 44.4 Å². The fourth-order valence-electron chi connectivity index (χ4n) is 3.03. The Kier molecular flexibility index (Phi) is 7.54. The molecule has 0 aromatic heterocycles. The molecule has 5 heteroatoms. The van der Waals surface area contributed by atoms with Crippen molar-refractivity contribution in [3.05, 3.63) is 70.5 Å². The van der Waals surface area contributed by atoms with Gasteiger partial charge in [0, 0.05) is 16.8 Å². The lowest BCUT2D eigenvalue weighted by Gasteiger charge is -2.29. The molecule has 0 spiro atoms. The standard InChI is InChI=1S/C21H25ClFNOS/c1-15(12-21(2,3)17-7-5-4-6-8-17)24-20(25)14-26-13-16-9-10-18(22)11-19(16)23/h4-11,15H,12-14H2,1-3H3,(H,24,25). The van der Waals surface area contributed by atoms with Crippen LogP contribution in [0.15, 0.2) is 48.5 Å². The van der Waals surface area contributed by atoms with Crippen LogP contribution in [0.4, 0.5) is 4.39 Å². The summed E-state index contributed by atoms with van der Waals surface area (Å²) in [5.74, 6) is 0.391. The third-order valence-electron chi connectivity index (χ3n) is 4.28. The van der Waals surface area contributed by atoms with Crippen molar-refractivity contribution in [2.75, 3.05) is 5.75 Å². The van der Waals surface area contributed by atoms with E-state index in [0.29, 0.717) is 22.1 Å². The van der Waals surface area contributed by atoms with Crippen LogP contribution in [-0.4, -0.2) is 17.7 Å². The molecular weight excluding hydrogens is 369 g/mol. The van der Waals surface area contributed by atoms with Crippen LogP contribution in [-0.2, 0) is 16.0 Å². The van der Waals surface area contributed by atoms with Gasteiger partial charge in [-0.25, -0.2) is 4.39 Å². The number of hydrogen-bond acceptors (Lipinski definition) is 2. The molecule has 0 aliphatic heterocycles. The number of hydrogen-bond donors (Lipinski definition) is 1. The summed E-state index contributed by atoms with van der Waals surface area (Å²) in [5.41, 5.74) is 1.80. The zero-order valence-corrected chi connectivity index (χ0v) is 17.0. The molecule has 0 aliphatic rings. The molecule has 0 heterocycles. The summed E-state index contributed by atoms with van der Waals surface area (Å²) in [4.78, 5) is 12.2. The maximum atomic E-state index is 13.7. The van der Waals surface area contributed by atoms with Crippen molar-refractivity contribution in [2.24, 2.45) is 0 Å². The second kappa shape index (κ2) is 9.43. The highest BCUT2D eigenvalue weighted by Gasteiger charge is 2.23. The van der Waals surface area contributed by atoms with Gasteiger partial charge in [-0.3, -0.25) is 4.79 Å². The lowest BCUT2D eigenvalue weighted by molar-refractivity contribution is -0.119. The molecule has 0 aliphatic carbocycles. The van der Waals surface area contributed by atoms with Crippen LogP contribution < -0.4 is 5.32 Å². The van der Waals surface area contributed by atoms with Crippen LogP contribution in [0.5, 0.6) is 0 Å². The van der Waals surface area contributed by atoms with Gasteiger partial charge in [-0.15, -0.1) is 11.8 Å². The van der Waals surface area contributed by atoms with E-state index in [-0.39, 0.29) is 23.2 Å². The average molecular weight is 394 g/mol. The maximum Gasteiger partial charge on any atom is 0.230 e. The van der Waals surface area contributed by atoms with Gasteiger partial charge in [0.1, 0.15) is 5.82 Å². The van der Waals surface area contributed by atoms with E-state index in [1.807, 2.05) is 25.1 Å². The zero-order valence-electron chi connectivity index (χ0n) is 15.4. The van der Waals surface area contributed by atoms with E-state index in [0.717, 1.165) is 6.42 Å². The predicted molar refractivity (Wildman–Crippen MR) is 109 cm³/mol. The van der Waals surface area contributed by atoms with Gasteiger partial charge in [-0.1, -0.05) is 61.8 Å². The average Bonchev–Trinajstić information content (AvgIpc) is 2.57. The molecule has 0 fully saturated rings. The van der Waals surface area contributed by atoms with Crippen molar-refractivity contribution < 1.29 is 9.18 Å². The Morgan fingerprint density at radius 3 is 2.58 bits per heavy atom. The smallest absolute Gasteiger partial charge is 0.230 e. The largest absolute Gasteiger partial charge is 0.353 e. The SMILES string of the molecule is CC(CC(C)(C)c1ccccc1)NC(=O)CSCc1ccc(Cl)cc1F. The summed E-state index contributed by atoms with van der Waals surface area (Å²) >= 11 is 7.14. The summed E-state index contributed by atoms with van der Waals surface area (Å²) < 4.78 is 13.7. The number of nitrogens with one attached hydrogen (secondary N) is 1. The highest BCUT2D eigenvalue weighted by atomic mass is 35.5. The van der Waals surface area contributed by atoms with E-state index in [9.17, 15) is 9.18 Å².